The summed E-state index contributed by atoms with van der Waals surface area (Å²) in [7, 11) is 1.44. The Morgan fingerprint density at radius 2 is 2.27 bits per heavy atom. The quantitative estimate of drug-likeness (QED) is 0.565. The summed E-state index contributed by atoms with van der Waals surface area (Å²) in [4.78, 5) is 11.0. The van der Waals surface area contributed by atoms with Crippen molar-refractivity contribution in [3.63, 3.8) is 0 Å². The highest BCUT2D eigenvalue weighted by molar-refractivity contribution is 5.72. The maximum atomic E-state index is 11.0. The number of ether oxygens (including phenoxy) is 1. The Bertz CT molecular complexity index is 139. The summed E-state index contributed by atoms with van der Waals surface area (Å²) in [6.45, 7) is 2.90. The van der Waals surface area contributed by atoms with Crippen molar-refractivity contribution < 1.29 is 9.53 Å². The van der Waals surface area contributed by atoms with Crippen molar-refractivity contribution in [3.05, 3.63) is 0 Å². The predicted molar refractivity (Wildman–Crippen MR) is 42.2 cm³/mol. The number of esters is 1. The first kappa shape index (κ1) is 8.53. The number of carbonyl (C=O) groups excluding carboxylic acids is 1. The normalized spacial score (nSPS) is 31.5. The first-order valence-electron chi connectivity index (χ1n) is 4.05. The lowest BCUT2D eigenvalue weighted by molar-refractivity contribution is -0.146. The van der Waals surface area contributed by atoms with Gasteiger partial charge < -0.3 is 10.1 Å². The zero-order valence-electron chi connectivity index (χ0n) is 7.09. The van der Waals surface area contributed by atoms with Crippen LogP contribution in [0.1, 0.15) is 19.8 Å². The molecule has 1 N–H and O–H groups in total. The molecule has 3 nitrogen and oxygen atoms in total. The highest BCUT2D eigenvalue weighted by Gasteiger charge is 2.23. The SMILES string of the molecule is COC(=O)C1CC[C@@H](C)NC1. The minimum Gasteiger partial charge on any atom is -0.469 e. The highest BCUT2D eigenvalue weighted by Crippen LogP contribution is 2.14. The third-order valence-corrected chi connectivity index (χ3v) is 2.20. The molecule has 0 aliphatic carbocycles. The average molecular weight is 157 g/mol. The molecule has 1 unspecified atom stereocenters. The summed E-state index contributed by atoms with van der Waals surface area (Å²) in [5.74, 6) is 0.000556. The second-order valence-corrected chi connectivity index (χ2v) is 3.11. The molecule has 1 saturated heterocycles. The predicted octanol–water partition coefficient (Wildman–Crippen LogP) is 0.547. The number of nitrogens with one attached hydrogen (secondary N) is 1. The van der Waals surface area contributed by atoms with Crippen molar-refractivity contribution in [2.75, 3.05) is 13.7 Å². The molecule has 0 aromatic heterocycles. The molecule has 1 aliphatic heterocycles. The van der Waals surface area contributed by atoms with Crippen molar-refractivity contribution in [2.45, 2.75) is 25.8 Å². The number of carbonyl (C=O) groups is 1. The molecule has 0 bridgehead atoms. The molecule has 0 aromatic rings. The Kier molecular flexibility index (Phi) is 2.88. The van der Waals surface area contributed by atoms with Crippen LogP contribution in [0, 0.1) is 5.92 Å². The summed E-state index contributed by atoms with van der Waals surface area (Å²) in [6.07, 6.45) is 2.03. The number of rotatable bonds is 1. The number of hydrogen-bond donors (Lipinski definition) is 1. The molecular weight excluding hydrogens is 142 g/mol. The molecule has 1 fully saturated rings. The molecule has 0 saturated carbocycles. The third kappa shape index (κ3) is 2.19. The van der Waals surface area contributed by atoms with Gasteiger partial charge in [-0.15, -0.1) is 0 Å². The van der Waals surface area contributed by atoms with E-state index in [9.17, 15) is 4.79 Å². The zero-order valence-corrected chi connectivity index (χ0v) is 7.09. The van der Waals surface area contributed by atoms with Crippen molar-refractivity contribution >= 4 is 5.97 Å². The molecule has 64 valence electrons. The van der Waals surface area contributed by atoms with Crippen LogP contribution >= 0.6 is 0 Å². The van der Waals surface area contributed by atoms with Gasteiger partial charge in [0.05, 0.1) is 13.0 Å². The largest absolute Gasteiger partial charge is 0.469 e. The van der Waals surface area contributed by atoms with Gasteiger partial charge in [0, 0.05) is 12.6 Å². The Labute approximate surface area is 67.1 Å². The van der Waals surface area contributed by atoms with E-state index in [1.165, 1.54) is 7.11 Å². The number of piperidine rings is 1. The van der Waals surface area contributed by atoms with Crippen LogP contribution in [-0.2, 0) is 9.53 Å². The molecular formula is C8H15NO2. The van der Waals surface area contributed by atoms with Crippen LogP contribution < -0.4 is 5.32 Å². The van der Waals surface area contributed by atoms with Crippen LogP contribution in [0.5, 0.6) is 0 Å². The van der Waals surface area contributed by atoms with Gasteiger partial charge in [-0.3, -0.25) is 4.79 Å². The first-order chi connectivity index (χ1) is 5.24. The highest BCUT2D eigenvalue weighted by atomic mass is 16.5. The molecule has 11 heavy (non-hydrogen) atoms. The van der Waals surface area contributed by atoms with Crippen molar-refractivity contribution in [2.24, 2.45) is 5.92 Å². The molecule has 0 aromatic carbocycles. The summed E-state index contributed by atoms with van der Waals surface area (Å²) in [5, 5.41) is 3.25. The van der Waals surface area contributed by atoms with E-state index in [0.717, 1.165) is 19.4 Å². The van der Waals surface area contributed by atoms with Crippen LogP contribution in [0.15, 0.2) is 0 Å². The van der Waals surface area contributed by atoms with Gasteiger partial charge >= 0.3 is 5.97 Å². The lowest BCUT2D eigenvalue weighted by Gasteiger charge is -2.25. The van der Waals surface area contributed by atoms with Crippen molar-refractivity contribution in [1.29, 1.82) is 0 Å². The topological polar surface area (TPSA) is 38.3 Å². The van der Waals surface area contributed by atoms with Gasteiger partial charge in [0.2, 0.25) is 0 Å². The van der Waals surface area contributed by atoms with Crippen molar-refractivity contribution in [1.82, 2.24) is 5.32 Å². The van der Waals surface area contributed by atoms with Gasteiger partial charge in [-0.25, -0.2) is 0 Å². The summed E-state index contributed by atoms with van der Waals surface area (Å²) >= 11 is 0. The fourth-order valence-corrected chi connectivity index (χ4v) is 1.37. The molecule has 1 rings (SSSR count). The standard InChI is InChI=1S/C8H15NO2/c1-6-3-4-7(5-9-6)8(10)11-2/h6-7,9H,3-5H2,1-2H3/t6-,7?/m1/s1. The van der Waals surface area contributed by atoms with Crippen LogP contribution in [-0.4, -0.2) is 25.7 Å². The Balaban J connectivity index is 2.33. The van der Waals surface area contributed by atoms with E-state index in [1.54, 1.807) is 0 Å². The van der Waals surface area contributed by atoms with E-state index in [-0.39, 0.29) is 11.9 Å². The average Bonchev–Trinajstić information content (AvgIpc) is 2.05. The van der Waals surface area contributed by atoms with Gasteiger partial charge in [0.15, 0.2) is 0 Å². The molecule has 0 spiro atoms. The third-order valence-electron chi connectivity index (χ3n) is 2.20. The lowest BCUT2D eigenvalue weighted by atomic mass is 9.96. The zero-order chi connectivity index (χ0) is 8.27. The van der Waals surface area contributed by atoms with Crippen LogP contribution in [0.4, 0.5) is 0 Å². The van der Waals surface area contributed by atoms with Gasteiger partial charge in [-0.1, -0.05) is 0 Å². The summed E-state index contributed by atoms with van der Waals surface area (Å²) in [5.41, 5.74) is 0. The van der Waals surface area contributed by atoms with Crippen LogP contribution in [0.3, 0.4) is 0 Å². The molecule has 2 atom stereocenters. The second-order valence-electron chi connectivity index (χ2n) is 3.11. The number of methoxy groups -OCH3 is 1. The fourth-order valence-electron chi connectivity index (χ4n) is 1.37. The molecule has 1 aliphatic rings. The summed E-state index contributed by atoms with van der Waals surface area (Å²) in [6, 6.07) is 0.552. The smallest absolute Gasteiger partial charge is 0.309 e. The Morgan fingerprint density at radius 1 is 1.55 bits per heavy atom. The Morgan fingerprint density at radius 3 is 2.73 bits per heavy atom. The fraction of sp³-hybridized carbons (Fsp3) is 0.875. The van der Waals surface area contributed by atoms with E-state index in [0.29, 0.717) is 6.04 Å². The van der Waals surface area contributed by atoms with Crippen LogP contribution in [0.25, 0.3) is 0 Å². The maximum Gasteiger partial charge on any atom is 0.309 e. The second kappa shape index (κ2) is 3.72. The molecule has 3 heteroatoms. The Hall–Kier alpha value is -0.570. The number of hydrogen-bond acceptors (Lipinski definition) is 3. The first-order valence-corrected chi connectivity index (χ1v) is 4.05. The molecule has 0 amide bonds. The minimum atomic E-state index is -0.0793. The lowest BCUT2D eigenvalue weighted by Crippen LogP contribution is -2.40. The monoisotopic (exact) mass is 157 g/mol. The summed E-state index contributed by atoms with van der Waals surface area (Å²) < 4.78 is 4.65. The van der Waals surface area contributed by atoms with Gasteiger partial charge in [0.25, 0.3) is 0 Å². The van der Waals surface area contributed by atoms with E-state index in [2.05, 4.69) is 17.0 Å². The van der Waals surface area contributed by atoms with Gasteiger partial charge in [0.1, 0.15) is 0 Å². The van der Waals surface area contributed by atoms with E-state index in [1.807, 2.05) is 0 Å². The van der Waals surface area contributed by atoms with E-state index < -0.39 is 0 Å². The van der Waals surface area contributed by atoms with Gasteiger partial charge in [-0.2, -0.15) is 0 Å². The maximum absolute atomic E-state index is 11.0. The van der Waals surface area contributed by atoms with Crippen LogP contribution in [0.2, 0.25) is 0 Å². The van der Waals surface area contributed by atoms with E-state index in [4.69, 9.17) is 0 Å². The molecule has 1 heterocycles. The van der Waals surface area contributed by atoms with Crippen molar-refractivity contribution in [3.8, 4) is 0 Å². The minimum absolute atomic E-state index is 0.0793. The molecule has 0 radical (unpaired) electrons. The van der Waals surface area contributed by atoms with Gasteiger partial charge in [-0.05, 0) is 19.8 Å². The van der Waals surface area contributed by atoms with E-state index >= 15 is 0 Å².